The van der Waals surface area contributed by atoms with Crippen LogP contribution in [0.4, 0.5) is 0 Å². The summed E-state index contributed by atoms with van der Waals surface area (Å²) >= 11 is 2.05. The Kier molecular flexibility index (Phi) is 3.33. The van der Waals surface area contributed by atoms with Crippen LogP contribution in [0.2, 0.25) is 0 Å². The fourth-order valence-corrected chi connectivity index (χ4v) is 0.443. The summed E-state index contributed by atoms with van der Waals surface area (Å²) in [5.41, 5.74) is 0. The second-order valence-electron chi connectivity index (χ2n) is 1.39. The van der Waals surface area contributed by atoms with E-state index in [1.807, 2.05) is 22.6 Å². The van der Waals surface area contributed by atoms with Crippen LogP contribution < -0.4 is 0 Å². The van der Waals surface area contributed by atoms with Gasteiger partial charge in [-0.2, -0.15) is 0 Å². The Balaban J connectivity index is 3.34. The van der Waals surface area contributed by atoms with Crippen molar-refractivity contribution < 1.29 is 9.90 Å². The number of hydrogen-bond acceptors (Lipinski definition) is 1. The molecule has 0 aromatic rings. The predicted octanol–water partition coefficient (Wildman–Crippen LogP) is 1.14. The largest absolute Gasteiger partial charge is 0.481 e. The van der Waals surface area contributed by atoms with Crippen LogP contribution in [0.5, 0.6) is 0 Å². The fourth-order valence-electron chi connectivity index (χ4n) is 0.0660. The Morgan fingerprint density at radius 3 is 2.43 bits per heavy atom. The summed E-state index contributed by atoms with van der Waals surface area (Å²) < 4.78 is 0.688. The molecule has 0 aliphatic carbocycles. The molecule has 0 saturated heterocycles. The Morgan fingerprint density at radius 2 is 2.43 bits per heavy atom. The van der Waals surface area contributed by atoms with Crippen molar-refractivity contribution >= 4 is 28.6 Å². The van der Waals surface area contributed by atoms with E-state index in [2.05, 4.69) is 0 Å². The van der Waals surface area contributed by atoms with E-state index in [4.69, 9.17) is 5.11 Å². The highest BCUT2D eigenvalue weighted by molar-refractivity contribution is 14.1. The lowest BCUT2D eigenvalue weighted by molar-refractivity contribution is -0.140. The van der Waals surface area contributed by atoms with Crippen LogP contribution in [0.25, 0.3) is 0 Å². The first-order chi connectivity index (χ1) is 3.18. The van der Waals surface area contributed by atoms with Gasteiger partial charge in [0.1, 0.15) is 0 Å². The highest BCUT2D eigenvalue weighted by atomic mass is 127. The first kappa shape index (κ1) is 7.20. The number of alkyl halides is 1. The third-order valence-electron chi connectivity index (χ3n) is 0.653. The maximum absolute atomic E-state index is 9.93. The molecule has 0 aromatic carbocycles. The summed E-state index contributed by atoms with van der Waals surface area (Å²) in [5.74, 6) is -0.907. The molecule has 2 nitrogen and oxygen atoms in total. The highest BCUT2D eigenvalue weighted by Crippen LogP contribution is 1.98. The van der Waals surface area contributed by atoms with Gasteiger partial charge in [0.15, 0.2) is 0 Å². The first-order valence-corrected chi connectivity index (χ1v) is 3.49. The number of rotatable bonds is 2. The van der Waals surface area contributed by atoms with Gasteiger partial charge in [0.05, 0.1) is 5.92 Å². The summed E-state index contributed by atoms with van der Waals surface area (Å²) in [6, 6.07) is 0. The van der Waals surface area contributed by atoms with Crippen molar-refractivity contribution in [1.29, 1.82) is 0 Å². The number of carbonyl (C=O) groups is 1. The molecule has 0 heterocycles. The molecule has 0 radical (unpaired) electrons. The van der Waals surface area contributed by atoms with E-state index in [1.165, 1.54) is 0 Å². The maximum Gasteiger partial charge on any atom is 0.306 e. The molecular weight excluding hydrogens is 207 g/mol. The molecule has 0 fully saturated rings. The Morgan fingerprint density at radius 1 is 2.00 bits per heavy atom. The van der Waals surface area contributed by atoms with Gasteiger partial charge in [0.25, 0.3) is 0 Å². The van der Waals surface area contributed by atoms with Gasteiger partial charge < -0.3 is 5.11 Å². The molecule has 7 heavy (non-hydrogen) atoms. The Labute approximate surface area is 56.1 Å². The highest BCUT2D eigenvalue weighted by Gasteiger charge is 2.06. The molecule has 0 bridgehead atoms. The van der Waals surface area contributed by atoms with Crippen molar-refractivity contribution in [2.45, 2.75) is 6.92 Å². The van der Waals surface area contributed by atoms with Crippen LogP contribution in [0.15, 0.2) is 0 Å². The number of aliphatic carboxylic acids is 1. The summed E-state index contributed by atoms with van der Waals surface area (Å²) in [6.45, 7) is 1.69. The first-order valence-electron chi connectivity index (χ1n) is 1.97. The third-order valence-corrected chi connectivity index (χ3v) is 1.97. The molecule has 3 heteroatoms. The molecule has 0 aliphatic heterocycles. The van der Waals surface area contributed by atoms with E-state index in [-0.39, 0.29) is 5.92 Å². The van der Waals surface area contributed by atoms with Gasteiger partial charge in [0.2, 0.25) is 0 Å². The quantitative estimate of drug-likeness (QED) is 0.552. The number of hydrogen-bond donors (Lipinski definition) is 1. The maximum atomic E-state index is 9.93. The summed E-state index contributed by atoms with van der Waals surface area (Å²) in [7, 11) is 0. The van der Waals surface area contributed by atoms with Gasteiger partial charge in [-0.1, -0.05) is 29.5 Å². The average Bonchev–Trinajstić information content (AvgIpc) is 1.65. The SMILES string of the molecule is C[C@H](CI)C(=O)O. The smallest absolute Gasteiger partial charge is 0.306 e. The molecule has 1 atom stereocenters. The van der Waals surface area contributed by atoms with Crippen molar-refractivity contribution in [2.24, 2.45) is 5.92 Å². The van der Waals surface area contributed by atoms with E-state index in [0.717, 1.165) is 0 Å². The monoisotopic (exact) mass is 214 g/mol. The molecular formula is C4H7IO2. The zero-order valence-electron chi connectivity index (χ0n) is 4.02. The van der Waals surface area contributed by atoms with E-state index in [9.17, 15) is 4.79 Å². The lowest BCUT2D eigenvalue weighted by atomic mass is 10.2. The molecule has 0 aliphatic rings. The van der Waals surface area contributed by atoms with Gasteiger partial charge in [0, 0.05) is 4.43 Å². The van der Waals surface area contributed by atoms with Crippen LogP contribution in [0.1, 0.15) is 6.92 Å². The standard InChI is InChI=1S/C4H7IO2/c1-3(2-5)4(6)7/h3H,2H2,1H3,(H,6,7)/t3-/m1/s1. The van der Waals surface area contributed by atoms with Gasteiger partial charge in [-0.15, -0.1) is 0 Å². The second kappa shape index (κ2) is 3.23. The predicted molar refractivity (Wildman–Crippen MR) is 35.7 cm³/mol. The minimum Gasteiger partial charge on any atom is -0.481 e. The molecule has 0 amide bonds. The van der Waals surface area contributed by atoms with Crippen molar-refractivity contribution in [3.63, 3.8) is 0 Å². The van der Waals surface area contributed by atoms with E-state index < -0.39 is 5.97 Å². The van der Waals surface area contributed by atoms with Crippen molar-refractivity contribution in [3.05, 3.63) is 0 Å². The molecule has 42 valence electrons. The number of halogens is 1. The summed E-state index contributed by atoms with van der Waals surface area (Å²) in [6.07, 6.45) is 0. The van der Waals surface area contributed by atoms with Crippen molar-refractivity contribution in [1.82, 2.24) is 0 Å². The minimum absolute atomic E-state index is 0.194. The van der Waals surface area contributed by atoms with Gasteiger partial charge >= 0.3 is 5.97 Å². The minimum atomic E-state index is -0.714. The van der Waals surface area contributed by atoms with Crippen LogP contribution in [-0.2, 0) is 4.79 Å². The van der Waals surface area contributed by atoms with Gasteiger partial charge in [-0.3, -0.25) is 4.79 Å². The topological polar surface area (TPSA) is 37.3 Å². The summed E-state index contributed by atoms with van der Waals surface area (Å²) in [4.78, 5) is 9.93. The van der Waals surface area contributed by atoms with Crippen molar-refractivity contribution in [2.75, 3.05) is 4.43 Å². The molecule has 1 N–H and O–H groups in total. The molecule has 0 aromatic heterocycles. The van der Waals surface area contributed by atoms with Gasteiger partial charge in [-0.05, 0) is 0 Å². The van der Waals surface area contributed by atoms with E-state index >= 15 is 0 Å². The van der Waals surface area contributed by atoms with Crippen LogP contribution in [0.3, 0.4) is 0 Å². The molecule has 0 rings (SSSR count). The Hall–Kier alpha value is 0.200. The zero-order valence-corrected chi connectivity index (χ0v) is 6.18. The average molecular weight is 214 g/mol. The molecule has 0 unspecified atom stereocenters. The number of carboxylic acid groups (broad SMARTS) is 1. The number of carboxylic acids is 1. The van der Waals surface area contributed by atoms with Crippen LogP contribution in [-0.4, -0.2) is 15.5 Å². The molecule has 0 spiro atoms. The van der Waals surface area contributed by atoms with Crippen LogP contribution >= 0.6 is 22.6 Å². The van der Waals surface area contributed by atoms with Crippen LogP contribution in [0, 0.1) is 5.92 Å². The lowest BCUT2D eigenvalue weighted by Crippen LogP contribution is -2.09. The zero-order chi connectivity index (χ0) is 5.86. The Bertz CT molecular complexity index is 72.1. The lowest BCUT2D eigenvalue weighted by Gasteiger charge is -1.95. The second-order valence-corrected chi connectivity index (χ2v) is 2.27. The van der Waals surface area contributed by atoms with E-state index in [0.29, 0.717) is 4.43 Å². The molecule has 0 saturated carbocycles. The normalized spacial score (nSPS) is 13.4. The van der Waals surface area contributed by atoms with E-state index in [1.54, 1.807) is 6.92 Å². The van der Waals surface area contributed by atoms with Crippen molar-refractivity contribution in [3.8, 4) is 0 Å². The van der Waals surface area contributed by atoms with Gasteiger partial charge in [-0.25, -0.2) is 0 Å². The third kappa shape index (κ3) is 2.85. The fraction of sp³-hybridized carbons (Fsp3) is 0.750. The summed E-state index contributed by atoms with van der Waals surface area (Å²) in [5, 5.41) is 8.18.